The van der Waals surface area contributed by atoms with Crippen LogP contribution in [0.2, 0.25) is 5.02 Å². The third-order valence-corrected chi connectivity index (χ3v) is 6.07. The van der Waals surface area contributed by atoms with E-state index < -0.39 is 29.4 Å². The molecule has 34 heavy (non-hydrogen) atoms. The van der Waals surface area contributed by atoms with Crippen molar-refractivity contribution in [1.82, 2.24) is 20.5 Å². The molecule has 0 aliphatic carbocycles. The first kappa shape index (κ1) is 22.0. The second-order valence-corrected chi connectivity index (χ2v) is 8.35. The van der Waals surface area contributed by atoms with E-state index >= 15 is 0 Å². The molecule has 0 unspecified atom stereocenters. The lowest BCUT2D eigenvalue weighted by Crippen LogP contribution is -2.42. The Kier molecular flexibility index (Phi) is 5.48. The summed E-state index contributed by atoms with van der Waals surface area (Å²) in [5.74, 6) is -1.31. The van der Waals surface area contributed by atoms with Crippen LogP contribution in [0, 0.1) is 11.8 Å². The summed E-state index contributed by atoms with van der Waals surface area (Å²) < 4.78 is 33.5. The highest BCUT2D eigenvalue weighted by Gasteiger charge is 2.50. The van der Waals surface area contributed by atoms with Gasteiger partial charge in [0.2, 0.25) is 5.95 Å². The van der Waals surface area contributed by atoms with E-state index in [0.29, 0.717) is 30.0 Å². The number of fused-ring (bicyclic) bond motifs is 2. The Labute approximate surface area is 197 Å². The molecular formula is C22H17ClF2N6O3. The number of hydrogen-bond acceptors (Lipinski definition) is 7. The maximum Gasteiger partial charge on any atom is 0.412 e. The highest BCUT2D eigenvalue weighted by Crippen LogP contribution is 2.46. The van der Waals surface area contributed by atoms with Gasteiger partial charge < -0.3 is 15.0 Å². The number of nitrogens with zero attached hydrogens (tertiary/aromatic N) is 4. The van der Waals surface area contributed by atoms with Gasteiger partial charge in [0.1, 0.15) is 0 Å². The van der Waals surface area contributed by atoms with Crippen molar-refractivity contribution in [2.75, 3.05) is 23.3 Å². The van der Waals surface area contributed by atoms with Gasteiger partial charge in [-0.05, 0) is 29.8 Å². The minimum Gasteiger partial charge on any atom is -0.436 e. The van der Waals surface area contributed by atoms with E-state index in [9.17, 15) is 18.4 Å². The second-order valence-electron chi connectivity index (χ2n) is 7.94. The quantitative estimate of drug-likeness (QED) is 0.544. The summed E-state index contributed by atoms with van der Waals surface area (Å²) in [6, 6.07) is 7.18. The molecule has 2 aliphatic rings. The molecule has 1 atom stereocenters. The fourth-order valence-corrected chi connectivity index (χ4v) is 4.32. The number of rotatable bonds is 4. The Morgan fingerprint density at radius 2 is 2.12 bits per heavy atom. The number of benzene rings is 1. The topological polar surface area (TPSA) is 109 Å². The van der Waals surface area contributed by atoms with E-state index in [0.717, 1.165) is 0 Å². The highest BCUT2D eigenvalue weighted by molar-refractivity contribution is 6.31. The summed E-state index contributed by atoms with van der Waals surface area (Å²) in [6.45, 7) is 0.627. The fourth-order valence-electron chi connectivity index (χ4n) is 4.16. The smallest absolute Gasteiger partial charge is 0.412 e. The van der Waals surface area contributed by atoms with Gasteiger partial charge in [-0.1, -0.05) is 17.7 Å². The lowest BCUT2D eigenvalue weighted by Gasteiger charge is -2.35. The third-order valence-electron chi connectivity index (χ3n) is 5.78. The Bertz CT molecular complexity index is 1290. The molecule has 2 aliphatic heterocycles. The zero-order chi connectivity index (χ0) is 23.9. The standard InChI is InChI=1S/C22H17ClF2N6O3/c23-14-2-3-15-18(19(14)25)22(34-21(33)29-15)5-6-31(11-22)17-7-13(10-28-30-17)20(32)27-9-12-1-4-16(24)26-8-12/h1-4,7-8,10H,5-6,9,11H2,(H,27,32)(H,29,33)/t22-/m1/s1. The van der Waals surface area contributed by atoms with Gasteiger partial charge in [-0.25, -0.2) is 14.2 Å². The summed E-state index contributed by atoms with van der Waals surface area (Å²) in [5, 5.41) is 13.1. The van der Waals surface area contributed by atoms with E-state index in [2.05, 4.69) is 25.8 Å². The molecule has 174 valence electrons. The average Bonchev–Trinajstić information content (AvgIpc) is 3.24. The van der Waals surface area contributed by atoms with Crippen LogP contribution in [0.4, 0.5) is 25.1 Å². The molecule has 0 radical (unpaired) electrons. The number of ether oxygens (including phenoxy) is 1. The largest absolute Gasteiger partial charge is 0.436 e. The first-order chi connectivity index (χ1) is 16.3. The summed E-state index contributed by atoms with van der Waals surface area (Å²) in [5.41, 5.74) is 0.0946. The average molecular weight is 487 g/mol. The van der Waals surface area contributed by atoms with Crippen molar-refractivity contribution in [3.8, 4) is 0 Å². The van der Waals surface area contributed by atoms with Crippen LogP contribution in [0.1, 0.15) is 27.9 Å². The molecule has 1 aromatic carbocycles. The van der Waals surface area contributed by atoms with Crippen LogP contribution in [0.5, 0.6) is 0 Å². The first-order valence-electron chi connectivity index (χ1n) is 10.3. The van der Waals surface area contributed by atoms with Gasteiger partial charge in [0.15, 0.2) is 17.2 Å². The number of amides is 2. The van der Waals surface area contributed by atoms with Gasteiger partial charge in [-0.3, -0.25) is 10.1 Å². The molecule has 5 rings (SSSR count). The summed E-state index contributed by atoms with van der Waals surface area (Å²) in [6.07, 6.45) is 2.25. The lowest BCUT2D eigenvalue weighted by molar-refractivity contribution is 0.0263. The van der Waals surface area contributed by atoms with Gasteiger partial charge in [-0.15, -0.1) is 5.10 Å². The lowest BCUT2D eigenvalue weighted by atomic mass is 9.89. The molecular weight excluding hydrogens is 470 g/mol. The van der Waals surface area contributed by atoms with Crippen molar-refractivity contribution in [2.45, 2.75) is 18.6 Å². The normalized spacial score (nSPS) is 18.9. The van der Waals surface area contributed by atoms with E-state index in [-0.39, 0.29) is 29.2 Å². The minimum absolute atomic E-state index is 0.0776. The summed E-state index contributed by atoms with van der Waals surface area (Å²) in [7, 11) is 0. The van der Waals surface area contributed by atoms with Crippen LogP contribution in [0.15, 0.2) is 42.7 Å². The molecule has 0 saturated carbocycles. The van der Waals surface area contributed by atoms with Crippen molar-refractivity contribution >= 4 is 35.1 Å². The SMILES string of the molecule is O=C1Nc2ccc(Cl)c(F)c2[C@]2(CCN(c3cc(C(=O)NCc4ccc(F)nc4)cnn3)C2)O1. The van der Waals surface area contributed by atoms with E-state index in [1.807, 2.05) is 0 Å². The molecule has 2 aromatic heterocycles. The van der Waals surface area contributed by atoms with Crippen LogP contribution in [0.25, 0.3) is 0 Å². The number of hydrogen-bond donors (Lipinski definition) is 2. The number of aromatic nitrogens is 3. The Balaban J connectivity index is 1.35. The fraction of sp³-hybridized carbons (Fsp3) is 0.227. The van der Waals surface area contributed by atoms with Crippen molar-refractivity contribution in [3.05, 3.63) is 76.2 Å². The van der Waals surface area contributed by atoms with Crippen molar-refractivity contribution < 1.29 is 23.1 Å². The van der Waals surface area contributed by atoms with Crippen molar-refractivity contribution in [3.63, 3.8) is 0 Å². The number of pyridine rings is 1. The molecule has 9 nitrogen and oxygen atoms in total. The molecule has 1 fully saturated rings. The molecule has 12 heteroatoms. The maximum absolute atomic E-state index is 15.0. The molecule has 0 bridgehead atoms. The van der Waals surface area contributed by atoms with Crippen LogP contribution in [-0.2, 0) is 16.9 Å². The molecule has 2 amide bonds. The number of carbonyl (C=O) groups excluding carboxylic acids is 2. The Hall–Kier alpha value is -3.86. The number of nitrogens with one attached hydrogen (secondary N) is 2. The van der Waals surface area contributed by atoms with Crippen molar-refractivity contribution in [1.29, 1.82) is 0 Å². The van der Waals surface area contributed by atoms with Crippen molar-refractivity contribution in [2.24, 2.45) is 0 Å². The second kappa shape index (κ2) is 8.49. The van der Waals surface area contributed by atoms with Crippen LogP contribution < -0.4 is 15.5 Å². The van der Waals surface area contributed by atoms with Crippen LogP contribution >= 0.6 is 11.6 Å². The molecule has 1 spiro atoms. The molecule has 2 N–H and O–H groups in total. The van der Waals surface area contributed by atoms with Crippen LogP contribution in [-0.4, -0.2) is 40.3 Å². The minimum atomic E-state index is -1.26. The summed E-state index contributed by atoms with van der Waals surface area (Å²) >= 11 is 5.99. The Morgan fingerprint density at radius 1 is 1.26 bits per heavy atom. The predicted octanol–water partition coefficient (Wildman–Crippen LogP) is 3.40. The van der Waals surface area contributed by atoms with E-state index in [1.165, 1.54) is 36.7 Å². The zero-order valence-electron chi connectivity index (χ0n) is 17.5. The van der Waals surface area contributed by atoms with Crippen LogP contribution in [0.3, 0.4) is 0 Å². The summed E-state index contributed by atoms with van der Waals surface area (Å²) in [4.78, 5) is 30.1. The highest BCUT2D eigenvalue weighted by atomic mass is 35.5. The van der Waals surface area contributed by atoms with Gasteiger partial charge in [0.25, 0.3) is 5.91 Å². The van der Waals surface area contributed by atoms with Gasteiger partial charge >= 0.3 is 6.09 Å². The number of anilines is 2. The maximum atomic E-state index is 15.0. The first-order valence-corrected chi connectivity index (χ1v) is 10.7. The molecule has 4 heterocycles. The van der Waals surface area contributed by atoms with Gasteiger partial charge in [0.05, 0.1) is 34.6 Å². The number of carbonyl (C=O) groups is 2. The molecule has 1 saturated heterocycles. The van der Waals surface area contributed by atoms with Gasteiger partial charge in [-0.2, -0.15) is 9.49 Å². The van der Waals surface area contributed by atoms with E-state index in [1.54, 1.807) is 11.0 Å². The van der Waals surface area contributed by atoms with E-state index in [4.69, 9.17) is 16.3 Å². The predicted molar refractivity (Wildman–Crippen MR) is 117 cm³/mol. The number of halogens is 3. The third kappa shape index (κ3) is 3.98. The molecule has 3 aromatic rings. The zero-order valence-corrected chi connectivity index (χ0v) is 18.3. The Morgan fingerprint density at radius 3 is 2.91 bits per heavy atom. The van der Waals surface area contributed by atoms with Gasteiger partial charge in [0, 0.05) is 25.7 Å². The monoisotopic (exact) mass is 486 g/mol.